The molecule has 1 aliphatic rings. The fourth-order valence-corrected chi connectivity index (χ4v) is 2.52. The number of alkyl halides is 1. The van der Waals surface area contributed by atoms with E-state index in [2.05, 4.69) is 28.9 Å². The summed E-state index contributed by atoms with van der Waals surface area (Å²) in [5.41, 5.74) is 0. The van der Waals surface area contributed by atoms with Gasteiger partial charge in [-0.1, -0.05) is 31.8 Å². The number of nitrogens with zero attached hydrogens (tertiary/aromatic N) is 3. The number of hydrogen-bond donors (Lipinski definition) is 0. The van der Waals surface area contributed by atoms with Crippen molar-refractivity contribution in [2.75, 3.05) is 11.4 Å². The highest BCUT2D eigenvalue weighted by Crippen LogP contribution is 2.28. The van der Waals surface area contributed by atoms with E-state index in [0.29, 0.717) is 23.9 Å². The summed E-state index contributed by atoms with van der Waals surface area (Å²) in [6, 6.07) is 1.20. The molecule has 17 heavy (non-hydrogen) atoms. The van der Waals surface area contributed by atoms with Crippen molar-refractivity contribution >= 4 is 17.6 Å². The summed E-state index contributed by atoms with van der Waals surface area (Å²) >= 11 is 5.70. The molecule has 0 N–H and O–H groups in total. The Morgan fingerprint density at radius 2 is 2.06 bits per heavy atom. The van der Waals surface area contributed by atoms with E-state index < -0.39 is 0 Å². The van der Waals surface area contributed by atoms with Crippen LogP contribution in [0.5, 0.6) is 0 Å². The van der Waals surface area contributed by atoms with Crippen LogP contribution in [0.15, 0.2) is 4.42 Å². The highest BCUT2D eigenvalue weighted by molar-refractivity contribution is 6.16. The van der Waals surface area contributed by atoms with Crippen LogP contribution in [0.3, 0.4) is 0 Å². The van der Waals surface area contributed by atoms with E-state index in [0.717, 1.165) is 6.54 Å². The van der Waals surface area contributed by atoms with Gasteiger partial charge in [-0.15, -0.1) is 16.7 Å². The summed E-state index contributed by atoms with van der Waals surface area (Å²) in [5.74, 6) is 1.38. The summed E-state index contributed by atoms with van der Waals surface area (Å²) in [6.45, 7) is 5.39. The molecule has 0 aromatic carbocycles. The minimum atomic E-state index is 0.285. The monoisotopic (exact) mass is 257 g/mol. The number of hydrogen-bond acceptors (Lipinski definition) is 4. The summed E-state index contributed by atoms with van der Waals surface area (Å²) in [5, 5.41) is 8.05. The molecule has 5 heteroatoms. The molecule has 0 bridgehead atoms. The third-order valence-corrected chi connectivity index (χ3v) is 3.37. The standard InChI is InChI=1S/C12H20ClN3O/c1-9(2)8-16(10-5-3-4-6-10)12-15-14-11(7-13)17-12/h9-10H,3-8H2,1-2H3. The number of rotatable bonds is 5. The molecular formula is C12H20ClN3O. The molecule has 1 aromatic rings. The van der Waals surface area contributed by atoms with Crippen molar-refractivity contribution in [3.8, 4) is 0 Å². The van der Waals surface area contributed by atoms with Gasteiger partial charge >= 0.3 is 6.01 Å². The molecular weight excluding hydrogens is 238 g/mol. The lowest BCUT2D eigenvalue weighted by Crippen LogP contribution is -2.36. The summed E-state index contributed by atoms with van der Waals surface area (Å²) in [6.07, 6.45) is 5.06. The molecule has 1 heterocycles. The Kier molecular flexibility index (Phi) is 4.26. The highest BCUT2D eigenvalue weighted by atomic mass is 35.5. The van der Waals surface area contributed by atoms with Crippen LogP contribution in [-0.2, 0) is 5.88 Å². The first-order valence-electron chi connectivity index (χ1n) is 6.35. The van der Waals surface area contributed by atoms with Crippen molar-refractivity contribution in [2.24, 2.45) is 5.92 Å². The summed E-state index contributed by atoms with van der Waals surface area (Å²) < 4.78 is 5.58. The van der Waals surface area contributed by atoms with E-state index in [1.807, 2.05) is 0 Å². The van der Waals surface area contributed by atoms with Crippen molar-refractivity contribution in [1.82, 2.24) is 10.2 Å². The van der Waals surface area contributed by atoms with Crippen LogP contribution < -0.4 is 4.90 Å². The molecule has 0 atom stereocenters. The smallest absolute Gasteiger partial charge is 0.318 e. The van der Waals surface area contributed by atoms with Gasteiger partial charge in [0.1, 0.15) is 5.88 Å². The summed E-state index contributed by atoms with van der Waals surface area (Å²) in [7, 11) is 0. The lowest BCUT2D eigenvalue weighted by atomic mass is 10.1. The van der Waals surface area contributed by atoms with Gasteiger partial charge in [0, 0.05) is 12.6 Å². The molecule has 1 saturated carbocycles. The lowest BCUT2D eigenvalue weighted by molar-refractivity contribution is 0.449. The molecule has 0 unspecified atom stereocenters. The minimum Gasteiger partial charge on any atom is -0.407 e. The maximum Gasteiger partial charge on any atom is 0.318 e. The van der Waals surface area contributed by atoms with Gasteiger partial charge in [0.2, 0.25) is 5.89 Å². The molecule has 0 aliphatic heterocycles. The van der Waals surface area contributed by atoms with Crippen LogP contribution in [0.4, 0.5) is 6.01 Å². The van der Waals surface area contributed by atoms with E-state index in [4.69, 9.17) is 16.0 Å². The van der Waals surface area contributed by atoms with Gasteiger partial charge in [0.15, 0.2) is 0 Å². The van der Waals surface area contributed by atoms with E-state index in [-0.39, 0.29) is 5.88 Å². The third-order valence-electron chi connectivity index (χ3n) is 3.14. The van der Waals surface area contributed by atoms with Crippen LogP contribution >= 0.6 is 11.6 Å². The Labute approximate surface area is 107 Å². The van der Waals surface area contributed by atoms with Crippen molar-refractivity contribution in [3.05, 3.63) is 5.89 Å². The predicted molar refractivity (Wildman–Crippen MR) is 68.3 cm³/mol. The topological polar surface area (TPSA) is 42.2 Å². The van der Waals surface area contributed by atoms with Gasteiger partial charge in [0.25, 0.3) is 0 Å². The quantitative estimate of drug-likeness (QED) is 0.760. The zero-order valence-electron chi connectivity index (χ0n) is 10.5. The second-order valence-corrected chi connectivity index (χ2v) is 5.36. The van der Waals surface area contributed by atoms with Crippen molar-refractivity contribution in [3.63, 3.8) is 0 Å². The third kappa shape index (κ3) is 3.12. The van der Waals surface area contributed by atoms with Gasteiger partial charge < -0.3 is 9.32 Å². The molecule has 1 aromatic heterocycles. The Morgan fingerprint density at radius 3 is 2.59 bits per heavy atom. The van der Waals surface area contributed by atoms with Gasteiger partial charge in [-0.2, -0.15) is 0 Å². The predicted octanol–water partition coefficient (Wildman–Crippen LogP) is 3.21. The Balaban J connectivity index is 2.13. The van der Waals surface area contributed by atoms with Crippen LogP contribution in [0.1, 0.15) is 45.4 Å². The van der Waals surface area contributed by atoms with Crippen molar-refractivity contribution in [2.45, 2.75) is 51.5 Å². The second-order valence-electron chi connectivity index (χ2n) is 5.10. The first-order chi connectivity index (χ1) is 8.20. The molecule has 1 aliphatic carbocycles. The molecule has 4 nitrogen and oxygen atoms in total. The first kappa shape index (κ1) is 12.7. The van der Waals surface area contributed by atoms with Crippen LogP contribution in [0.25, 0.3) is 0 Å². The van der Waals surface area contributed by atoms with E-state index in [1.165, 1.54) is 25.7 Å². The maximum absolute atomic E-state index is 5.70. The van der Waals surface area contributed by atoms with E-state index in [1.54, 1.807) is 0 Å². The van der Waals surface area contributed by atoms with Gasteiger partial charge in [0.05, 0.1) is 0 Å². The molecule has 1 fully saturated rings. The Hall–Kier alpha value is -0.770. The van der Waals surface area contributed by atoms with E-state index in [9.17, 15) is 0 Å². The Morgan fingerprint density at radius 1 is 1.35 bits per heavy atom. The molecule has 0 saturated heterocycles. The largest absolute Gasteiger partial charge is 0.407 e. The fourth-order valence-electron chi connectivity index (χ4n) is 2.41. The van der Waals surface area contributed by atoms with Crippen LogP contribution in [-0.4, -0.2) is 22.8 Å². The van der Waals surface area contributed by atoms with Gasteiger partial charge in [-0.3, -0.25) is 0 Å². The zero-order chi connectivity index (χ0) is 12.3. The molecule has 0 radical (unpaired) electrons. The van der Waals surface area contributed by atoms with Gasteiger partial charge in [-0.25, -0.2) is 0 Å². The maximum atomic E-state index is 5.70. The molecule has 2 rings (SSSR count). The average molecular weight is 258 g/mol. The summed E-state index contributed by atoms with van der Waals surface area (Å²) in [4.78, 5) is 2.26. The number of halogens is 1. The van der Waals surface area contributed by atoms with Crippen molar-refractivity contribution < 1.29 is 4.42 Å². The average Bonchev–Trinajstić information content (AvgIpc) is 2.97. The normalized spacial score (nSPS) is 16.9. The Bertz CT molecular complexity index is 347. The number of anilines is 1. The fraction of sp³-hybridized carbons (Fsp3) is 0.833. The van der Waals surface area contributed by atoms with Crippen LogP contribution in [0.2, 0.25) is 0 Å². The molecule has 96 valence electrons. The van der Waals surface area contributed by atoms with Crippen molar-refractivity contribution in [1.29, 1.82) is 0 Å². The van der Waals surface area contributed by atoms with Crippen LogP contribution in [0, 0.1) is 5.92 Å². The molecule has 0 spiro atoms. The SMILES string of the molecule is CC(C)CN(c1nnc(CCl)o1)C1CCCC1. The lowest BCUT2D eigenvalue weighted by Gasteiger charge is -2.28. The highest BCUT2D eigenvalue weighted by Gasteiger charge is 2.27. The molecule has 0 amide bonds. The first-order valence-corrected chi connectivity index (χ1v) is 6.89. The van der Waals surface area contributed by atoms with Gasteiger partial charge in [-0.05, 0) is 18.8 Å². The minimum absolute atomic E-state index is 0.285. The number of aromatic nitrogens is 2. The van der Waals surface area contributed by atoms with E-state index >= 15 is 0 Å². The second kappa shape index (κ2) is 5.71. The zero-order valence-corrected chi connectivity index (χ0v) is 11.3.